The van der Waals surface area contributed by atoms with Crippen LogP contribution >= 0.6 is 0 Å². The molecule has 20 heavy (non-hydrogen) atoms. The van der Waals surface area contributed by atoms with Gasteiger partial charge in [-0.05, 0) is 56.8 Å². The summed E-state index contributed by atoms with van der Waals surface area (Å²) in [7, 11) is 0. The maximum absolute atomic E-state index is 6.15. The van der Waals surface area contributed by atoms with E-state index in [2.05, 4.69) is 19.2 Å². The third-order valence-corrected chi connectivity index (χ3v) is 5.55. The SMILES string of the molecule is CC1CC(C)CC(NC2CCOC3(CCOCC3)C2)C1. The van der Waals surface area contributed by atoms with Crippen molar-refractivity contribution >= 4 is 0 Å². The van der Waals surface area contributed by atoms with E-state index >= 15 is 0 Å². The lowest BCUT2D eigenvalue weighted by atomic mass is 9.79. The molecule has 0 aromatic heterocycles. The Hall–Kier alpha value is -0.120. The molecule has 1 aliphatic carbocycles. The predicted molar refractivity (Wildman–Crippen MR) is 80.9 cm³/mol. The van der Waals surface area contributed by atoms with E-state index in [1.165, 1.54) is 32.1 Å². The van der Waals surface area contributed by atoms with Gasteiger partial charge >= 0.3 is 0 Å². The fourth-order valence-corrected chi connectivity index (χ4v) is 4.68. The van der Waals surface area contributed by atoms with Crippen molar-refractivity contribution in [2.24, 2.45) is 11.8 Å². The van der Waals surface area contributed by atoms with E-state index in [1.54, 1.807) is 0 Å². The number of hydrogen-bond acceptors (Lipinski definition) is 3. The summed E-state index contributed by atoms with van der Waals surface area (Å²) in [4.78, 5) is 0. The second-order valence-electron chi connectivity index (χ2n) is 7.61. The van der Waals surface area contributed by atoms with Crippen LogP contribution < -0.4 is 5.32 Å². The fraction of sp³-hybridized carbons (Fsp3) is 1.00. The van der Waals surface area contributed by atoms with Crippen molar-refractivity contribution in [2.75, 3.05) is 19.8 Å². The zero-order valence-corrected chi connectivity index (χ0v) is 13.2. The van der Waals surface area contributed by atoms with Crippen LogP contribution in [0.2, 0.25) is 0 Å². The molecule has 2 aliphatic heterocycles. The summed E-state index contributed by atoms with van der Waals surface area (Å²) >= 11 is 0. The van der Waals surface area contributed by atoms with Crippen LogP contribution in [-0.2, 0) is 9.47 Å². The Morgan fingerprint density at radius 1 is 0.900 bits per heavy atom. The van der Waals surface area contributed by atoms with Crippen molar-refractivity contribution in [1.82, 2.24) is 5.32 Å². The molecule has 3 aliphatic rings. The summed E-state index contributed by atoms with van der Waals surface area (Å²) in [6.45, 7) is 7.51. The standard InChI is InChI=1S/C17H31NO2/c1-13-9-14(2)11-16(10-13)18-15-3-6-20-17(12-15)4-7-19-8-5-17/h13-16,18H,3-12H2,1-2H3. The van der Waals surface area contributed by atoms with Crippen molar-refractivity contribution in [3.63, 3.8) is 0 Å². The quantitative estimate of drug-likeness (QED) is 0.843. The first kappa shape index (κ1) is 14.8. The maximum atomic E-state index is 6.15. The molecule has 2 saturated heterocycles. The number of rotatable bonds is 2. The summed E-state index contributed by atoms with van der Waals surface area (Å²) in [5.41, 5.74) is 0.125. The second-order valence-corrected chi connectivity index (χ2v) is 7.61. The topological polar surface area (TPSA) is 30.5 Å². The van der Waals surface area contributed by atoms with Crippen LogP contribution in [0.25, 0.3) is 0 Å². The van der Waals surface area contributed by atoms with Crippen molar-refractivity contribution in [1.29, 1.82) is 0 Å². The van der Waals surface area contributed by atoms with E-state index in [4.69, 9.17) is 9.47 Å². The van der Waals surface area contributed by atoms with Gasteiger partial charge < -0.3 is 14.8 Å². The minimum atomic E-state index is 0.125. The molecule has 3 rings (SSSR count). The molecule has 0 amide bonds. The highest BCUT2D eigenvalue weighted by atomic mass is 16.5. The molecule has 1 N–H and O–H groups in total. The number of ether oxygens (including phenoxy) is 2. The molecule has 116 valence electrons. The third-order valence-electron chi connectivity index (χ3n) is 5.55. The first-order chi connectivity index (χ1) is 9.65. The molecular weight excluding hydrogens is 250 g/mol. The molecular formula is C17H31NO2. The van der Waals surface area contributed by atoms with Gasteiger partial charge in [-0.1, -0.05) is 13.8 Å². The first-order valence-corrected chi connectivity index (χ1v) is 8.63. The minimum Gasteiger partial charge on any atom is -0.381 e. The van der Waals surface area contributed by atoms with E-state index in [1.807, 2.05) is 0 Å². The van der Waals surface area contributed by atoms with Crippen LogP contribution in [0, 0.1) is 11.8 Å². The zero-order valence-electron chi connectivity index (χ0n) is 13.2. The van der Waals surface area contributed by atoms with Gasteiger partial charge in [0.05, 0.1) is 5.60 Å². The molecule has 1 spiro atoms. The van der Waals surface area contributed by atoms with E-state index in [9.17, 15) is 0 Å². The molecule has 3 unspecified atom stereocenters. The van der Waals surface area contributed by atoms with Crippen LogP contribution in [0.5, 0.6) is 0 Å². The van der Waals surface area contributed by atoms with Gasteiger partial charge in [0.25, 0.3) is 0 Å². The Labute approximate surface area is 123 Å². The average Bonchev–Trinajstić information content (AvgIpc) is 2.38. The Kier molecular flexibility index (Phi) is 4.68. The largest absolute Gasteiger partial charge is 0.381 e. The lowest BCUT2D eigenvalue weighted by molar-refractivity contribution is -0.141. The van der Waals surface area contributed by atoms with E-state index in [-0.39, 0.29) is 5.60 Å². The summed E-state index contributed by atoms with van der Waals surface area (Å²) < 4.78 is 11.7. The third kappa shape index (κ3) is 3.55. The normalized spacial score (nSPS) is 41.7. The predicted octanol–water partition coefficient (Wildman–Crippen LogP) is 3.13. The van der Waals surface area contributed by atoms with Crippen LogP contribution in [0.1, 0.15) is 58.8 Å². The smallest absolute Gasteiger partial charge is 0.0741 e. The van der Waals surface area contributed by atoms with Crippen LogP contribution in [0.4, 0.5) is 0 Å². The summed E-state index contributed by atoms with van der Waals surface area (Å²) in [6.07, 6.45) is 8.67. The highest BCUT2D eigenvalue weighted by Crippen LogP contribution is 2.35. The molecule has 0 aromatic carbocycles. The Balaban J connectivity index is 1.54. The number of nitrogens with one attached hydrogen (secondary N) is 1. The average molecular weight is 281 g/mol. The van der Waals surface area contributed by atoms with Crippen LogP contribution in [-0.4, -0.2) is 37.5 Å². The molecule has 3 fully saturated rings. The first-order valence-electron chi connectivity index (χ1n) is 8.63. The van der Waals surface area contributed by atoms with Gasteiger partial charge in [0.2, 0.25) is 0 Å². The molecule has 3 atom stereocenters. The van der Waals surface area contributed by atoms with Gasteiger partial charge in [0.15, 0.2) is 0 Å². The van der Waals surface area contributed by atoms with Gasteiger partial charge in [-0.3, -0.25) is 0 Å². The molecule has 0 radical (unpaired) electrons. The monoisotopic (exact) mass is 281 g/mol. The van der Waals surface area contributed by atoms with Crippen LogP contribution in [0.15, 0.2) is 0 Å². The Morgan fingerprint density at radius 2 is 1.60 bits per heavy atom. The fourth-order valence-electron chi connectivity index (χ4n) is 4.68. The molecule has 3 nitrogen and oxygen atoms in total. The van der Waals surface area contributed by atoms with Crippen molar-refractivity contribution < 1.29 is 9.47 Å². The highest BCUT2D eigenvalue weighted by Gasteiger charge is 2.39. The van der Waals surface area contributed by atoms with E-state index in [0.29, 0.717) is 6.04 Å². The Bertz CT molecular complexity index is 299. The maximum Gasteiger partial charge on any atom is 0.0741 e. The lowest BCUT2D eigenvalue weighted by Gasteiger charge is -2.45. The molecule has 2 heterocycles. The minimum absolute atomic E-state index is 0.125. The van der Waals surface area contributed by atoms with E-state index < -0.39 is 0 Å². The summed E-state index contributed by atoms with van der Waals surface area (Å²) in [5, 5.41) is 3.97. The summed E-state index contributed by atoms with van der Waals surface area (Å²) in [6, 6.07) is 1.39. The van der Waals surface area contributed by atoms with Gasteiger partial charge in [0.1, 0.15) is 0 Å². The van der Waals surface area contributed by atoms with Gasteiger partial charge in [-0.2, -0.15) is 0 Å². The van der Waals surface area contributed by atoms with E-state index in [0.717, 1.165) is 50.5 Å². The van der Waals surface area contributed by atoms with Gasteiger partial charge in [-0.25, -0.2) is 0 Å². The molecule has 3 heteroatoms. The number of hydrogen-bond donors (Lipinski definition) is 1. The van der Waals surface area contributed by atoms with Crippen molar-refractivity contribution in [2.45, 2.75) is 76.5 Å². The molecule has 1 saturated carbocycles. The van der Waals surface area contributed by atoms with Gasteiger partial charge in [0, 0.05) is 31.9 Å². The Morgan fingerprint density at radius 3 is 2.30 bits per heavy atom. The molecule has 0 bridgehead atoms. The summed E-state index contributed by atoms with van der Waals surface area (Å²) in [5.74, 6) is 1.77. The van der Waals surface area contributed by atoms with Crippen molar-refractivity contribution in [3.8, 4) is 0 Å². The zero-order chi connectivity index (χ0) is 14.0. The van der Waals surface area contributed by atoms with Gasteiger partial charge in [-0.15, -0.1) is 0 Å². The van der Waals surface area contributed by atoms with Crippen molar-refractivity contribution in [3.05, 3.63) is 0 Å². The second kappa shape index (κ2) is 6.33. The molecule has 0 aromatic rings. The van der Waals surface area contributed by atoms with Crippen LogP contribution in [0.3, 0.4) is 0 Å². The highest BCUT2D eigenvalue weighted by molar-refractivity contribution is 4.93. The lowest BCUT2D eigenvalue weighted by Crippen LogP contribution is -2.52.